The maximum Gasteiger partial charge on any atom is 0.220 e. The highest BCUT2D eigenvalue weighted by Gasteiger charge is 2.44. The van der Waals surface area contributed by atoms with Crippen LogP contribution in [0.1, 0.15) is 149 Å². The Morgan fingerprint density at radius 3 is 1.76 bits per heavy atom. The zero-order valence-electron chi connectivity index (χ0n) is 29.1. The third-order valence-corrected chi connectivity index (χ3v) is 8.77. The molecular formula is C37H69NO8. The number of carbonyl (C=O) groups excluding carboxylic acids is 1. The van der Waals surface area contributed by atoms with Crippen LogP contribution in [0.2, 0.25) is 0 Å². The Morgan fingerprint density at radius 2 is 1.22 bits per heavy atom. The van der Waals surface area contributed by atoms with Crippen molar-refractivity contribution in [1.29, 1.82) is 0 Å². The number of hydrogen-bond donors (Lipinski definition) is 6. The van der Waals surface area contributed by atoms with Gasteiger partial charge >= 0.3 is 0 Å². The first-order chi connectivity index (χ1) is 22.3. The van der Waals surface area contributed by atoms with Crippen LogP contribution in [0, 0.1) is 0 Å². The number of aliphatic hydroxyl groups excluding tert-OH is 5. The summed E-state index contributed by atoms with van der Waals surface area (Å²) in [4.78, 5) is 12.8. The van der Waals surface area contributed by atoms with Crippen molar-refractivity contribution in [3.8, 4) is 0 Å². The van der Waals surface area contributed by atoms with Gasteiger partial charge in [0.15, 0.2) is 6.29 Å². The van der Waals surface area contributed by atoms with Gasteiger partial charge in [-0.25, -0.2) is 0 Å². The summed E-state index contributed by atoms with van der Waals surface area (Å²) in [6, 6.07) is -0.802. The van der Waals surface area contributed by atoms with Crippen molar-refractivity contribution in [2.45, 2.75) is 192 Å². The molecule has 0 aromatic heterocycles. The average molecular weight is 656 g/mol. The summed E-state index contributed by atoms with van der Waals surface area (Å²) in [6.07, 6.45) is 23.7. The molecule has 1 heterocycles. The number of hydrogen-bond acceptors (Lipinski definition) is 8. The number of ether oxygens (including phenoxy) is 2. The molecule has 1 rings (SSSR count). The first-order valence-electron chi connectivity index (χ1n) is 18.6. The van der Waals surface area contributed by atoms with Crippen LogP contribution in [-0.4, -0.2) is 87.5 Å². The molecule has 7 atom stereocenters. The number of carbonyl (C=O) groups is 1. The van der Waals surface area contributed by atoms with Gasteiger partial charge in [-0.2, -0.15) is 0 Å². The molecule has 1 saturated heterocycles. The highest BCUT2D eigenvalue weighted by molar-refractivity contribution is 5.76. The molecule has 1 aliphatic rings. The van der Waals surface area contributed by atoms with Crippen LogP contribution in [-0.2, 0) is 14.3 Å². The van der Waals surface area contributed by atoms with Crippen molar-refractivity contribution in [1.82, 2.24) is 5.32 Å². The molecule has 1 fully saturated rings. The highest BCUT2D eigenvalue weighted by Crippen LogP contribution is 2.22. The molecule has 0 saturated carbocycles. The number of nitrogens with one attached hydrogen (secondary N) is 1. The quantitative estimate of drug-likeness (QED) is 0.0425. The Balaban J connectivity index is 2.43. The van der Waals surface area contributed by atoms with Gasteiger partial charge in [0.1, 0.15) is 24.4 Å². The fourth-order valence-electron chi connectivity index (χ4n) is 5.68. The van der Waals surface area contributed by atoms with Gasteiger partial charge in [0, 0.05) is 6.42 Å². The fourth-order valence-corrected chi connectivity index (χ4v) is 5.68. The second-order valence-electron chi connectivity index (χ2n) is 13.0. The predicted molar refractivity (Wildman–Crippen MR) is 184 cm³/mol. The summed E-state index contributed by atoms with van der Waals surface area (Å²) in [5, 5.41) is 53.7. The smallest absolute Gasteiger partial charge is 0.220 e. The Kier molecular flexibility index (Phi) is 26.6. The Labute approximate surface area is 279 Å². The van der Waals surface area contributed by atoms with Crippen LogP contribution in [0.3, 0.4) is 0 Å². The summed E-state index contributed by atoms with van der Waals surface area (Å²) in [6.45, 7) is 3.68. The minimum atomic E-state index is -1.56. The molecule has 6 N–H and O–H groups in total. The molecule has 46 heavy (non-hydrogen) atoms. The summed E-state index contributed by atoms with van der Waals surface area (Å²) in [5.41, 5.74) is 0. The molecule has 0 bridgehead atoms. The topological polar surface area (TPSA) is 149 Å². The van der Waals surface area contributed by atoms with E-state index in [-0.39, 0.29) is 12.5 Å². The molecule has 1 amide bonds. The maximum absolute atomic E-state index is 12.8. The molecule has 1 aliphatic heterocycles. The number of allylic oxidation sites excluding steroid dienone is 3. The molecule has 9 nitrogen and oxygen atoms in total. The van der Waals surface area contributed by atoms with Gasteiger partial charge in [0.05, 0.1) is 25.4 Å². The van der Waals surface area contributed by atoms with E-state index < -0.39 is 49.5 Å². The zero-order valence-corrected chi connectivity index (χ0v) is 29.1. The van der Waals surface area contributed by atoms with Gasteiger partial charge in [-0.15, -0.1) is 0 Å². The third-order valence-electron chi connectivity index (χ3n) is 8.77. The molecular weight excluding hydrogens is 586 g/mol. The van der Waals surface area contributed by atoms with E-state index in [1.54, 1.807) is 6.08 Å². The van der Waals surface area contributed by atoms with Crippen molar-refractivity contribution >= 4 is 5.91 Å². The Hall–Kier alpha value is -1.33. The second kappa shape index (κ2) is 28.7. The lowest BCUT2D eigenvalue weighted by atomic mass is 9.99. The molecule has 0 spiro atoms. The fraction of sp³-hybridized carbons (Fsp3) is 0.865. The van der Waals surface area contributed by atoms with Crippen LogP contribution in [0.15, 0.2) is 24.3 Å². The van der Waals surface area contributed by atoms with Gasteiger partial charge in [-0.3, -0.25) is 4.79 Å². The molecule has 9 heteroatoms. The van der Waals surface area contributed by atoms with Gasteiger partial charge in [-0.05, 0) is 44.9 Å². The number of unbranched alkanes of at least 4 members (excludes halogenated alkanes) is 17. The number of rotatable bonds is 29. The third kappa shape index (κ3) is 20.1. The lowest BCUT2D eigenvalue weighted by Gasteiger charge is -2.40. The van der Waals surface area contributed by atoms with Crippen LogP contribution < -0.4 is 5.32 Å². The van der Waals surface area contributed by atoms with E-state index in [9.17, 15) is 30.3 Å². The standard InChI is InChI=1S/C37H69NO8/c1-3-5-7-9-11-13-14-15-16-17-18-19-21-23-25-27-33(41)38-30(31(40)26-24-22-20-12-10-8-6-4-2)29-45-37-36(44)35(43)34(42)32(28-39)46-37/h15-16,24,26,30-32,34-37,39-40,42-44H,3-14,17-23,25,27-29H2,1-2H3,(H,38,41)/b16-15-,26-24+. The lowest BCUT2D eigenvalue weighted by molar-refractivity contribution is -0.302. The molecule has 0 aromatic rings. The maximum atomic E-state index is 12.8. The molecule has 0 radical (unpaired) electrons. The van der Waals surface area contributed by atoms with Crippen molar-refractivity contribution in [3.05, 3.63) is 24.3 Å². The monoisotopic (exact) mass is 656 g/mol. The summed E-state index contributed by atoms with van der Waals surface area (Å²) >= 11 is 0. The van der Waals surface area contributed by atoms with E-state index in [0.29, 0.717) is 6.42 Å². The van der Waals surface area contributed by atoms with Gasteiger partial charge in [0.25, 0.3) is 0 Å². The van der Waals surface area contributed by atoms with Crippen LogP contribution >= 0.6 is 0 Å². The Bertz CT molecular complexity index is 776. The van der Waals surface area contributed by atoms with Gasteiger partial charge in [0.2, 0.25) is 5.91 Å². The van der Waals surface area contributed by atoms with Crippen molar-refractivity contribution in [2.75, 3.05) is 13.2 Å². The molecule has 0 aromatic carbocycles. The zero-order chi connectivity index (χ0) is 33.8. The minimum Gasteiger partial charge on any atom is -0.394 e. The Morgan fingerprint density at radius 1 is 0.717 bits per heavy atom. The van der Waals surface area contributed by atoms with Crippen molar-refractivity contribution in [2.24, 2.45) is 0 Å². The van der Waals surface area contributed by atoms with Crippen molar-refractivity contribution in [3.63, 3.8) is 0 Å². The largest absolute Gasteiger partial charge is 0.394 e. The molecule has 0 aliphatic carbocycles. The molecule has 270 valence electrons. The van der Waals surface area contributed by atoms with E-state index in [4.69, 9.17) is 9.47 Å². The van der Waals surface area contributed by atoms with E-state index in [1.165, 1.54) is 70.6 Å². The summed E-state index contributed by atoms with van der Waals surface area (Å²) in [7, 11) is 0. The van der Waals surface area contributed by atoms with Crippen LogP contribution in [0.5, 0.6) is 0 Å². The van der Waals surface area contributed by atoms with Gasteiger partial charge in [-0.1, -0.05) is 122 Å². The molecule has 7 unspecified atom stereocenters. The minimum absolute atomic E-state index is 0.191. The average Bonchev–Trinajstić information content (AvgIpc) is 3.05. The summed E-state index contributed by atoms with van der Waals surface area (Å²) in [5.74, 6) is -0.191. The van der Waals surface area contributed by atoms with Crippen molar-refractivity contribution < 1.29 is 39.8 Å². The normalized spacial score (nSPS) is 23.3. The van der Waals surface area contributed by atoms with E-state index in [1.807, 2.05) is 6.08 Å². The predicted octanol–water partition coefficient (Wildman–Crippen LogP) is 5.99. The number of aliphatic hydroxyl groups is 5. The second-order valence-corrected chi connectivity index (χ2v) is 13.0. The van der Waals surface area contributed by atoms with E-state index in [0.717, 1.165) is 57.8 Å². The van der Waals surface area contributed by atoms with Crippen LogP contribution in [0.25, 0.3) is 0 Å². The first-order valence-corrected chi connectivity index (χ1v) is 18.6. The lowest BCUT2D eigenvalue weighted by Crippen LogP contribution is -2.60. The summed E-state index contributed by atoms with van der Waals surface area (Å²) < 4.78 is 11.1. The highest BCUT2D eigenvalue weighted by atomic mass is 16.7. The van der Waals surface area contributed by atoms with Gasteiger partial charge < -0.3 is 40.3 Å². The SMILES string of the molecule is CCCCCCCC/C=C\CCCCCCCC(=O)NC(COC1OC(CO)C(O)C(O)C1O)C(O)/C=C/CCCCCCCC. The van der Waals surface area contributed by atoms with Crippen LogP contribution in [0.4, 0.5) is 0 Å². The first kappa shape index (κ1) is 42.7. The van der Waals surface area contributed by atoms with E-state index in [2.05, 4.69) is 31.3 Å². The number of amides is 1. The van der Waals surface area contributed by atoms with E-state index >= 15 is 0 Å².